The molecule has 5 heteroatoms. The molecule has 1 heterocycles. The molecule has 4 nitrogen and oxygen atoms in total. The fourth-order valence-electron chi connectivity index (χ4n) is 2.39. The quantitative estimate of drug-likeness (QED) is 0.871. The highest BCUT2D eigenvalue weighted by Crippen LogP contribution is 2.34. The van der Waals surface area contributed by atoms with Gasteiger partial charge in [-0.15, -0.1) is 0 Å². The zero-order chi connectivity index (χ0) is 15.4. The average Bonchev–Trinajstić information content (AvgIpc) is 2.94. The van der Waals surface area contributed by atoms with E-state index in [0.717, 1.165) is 23.5 Å². The highest BCUT2D eigenvalue weighted by Gasteiger charge is 2.22. The Labute approximate surface area is 129 Å². The summed E-state index contributed by atoms with van der Waals surface area (Å²) in [7, 11) is 1.98. The average molecular weight is 304 g/mol. The van der Waals surface area contributed by atoms with Crippen LogP contribution in [-0.4, -0.2) is 29.1 Å². The third kappa shape index (κ3) is 3.24. The summed E-state index contributed by atoms with van der Waals surface area (Å²) in [5.74, 6) is -0.921. The normalized spacial score (nSPS) is 10.9. The second kappa shape index (κ2) is 6.72. The minimum atomic E-state index is -0.921. The van der Waals surface area contributed by atoms with Crippen molar-refractivity contribution in [3.05, 3.63) is 35.2 Å². The van der Waals surface area contributed by atoms with E-state index in [0.29, 0.717) is 16.6 Å². The lowest BCUT2D eigenvalue weighted by Crippen LogP contribution is -2.30. The summed E-state index contributed by atoms with van der Waals surface area (Å²) in [6, 6.07) is 9.86. The number of hydrogen-bond donors (Lipinski definition) is 1. The number of hydrogen-bond acceptors (Lipinski definition) is 4. The summed E-state index contributed by atoms with van der Waals surface area (Å²) < 4.78 is 0. The zero-order valence-electron chi connectivity index (χ0n) is 12.5. The smallest absolute Gasteiger partial charge is 0.348 e. The largest absolute Gasteiger partial charge is 0.477 e. The number of aromatic nitrogens is 1. The summed E-state index contributed by atoms with van der Waals surface area (Å²) in [6.45, 7) is 4.27. The van der Waals surface area contributed by atoms with Gasteiger partial charge in [0.2, 0.25) is 0 Å². The molecule has 0 spiro atoms. The first-order valence-corrected chi connectivity index (χ1v) is 7.92. The SMILES string of the molecule is CCC(CC)N(C)c1nc(-c2ccccc2)c(C(=O)O)s1. The topological polar surface area (TPSA) is 53.4 Å². The predicted octanol–water partition coefficient (Wildman–Crippen LogP) is 4.13. The van der Waals surface area contributed by atoms with E-state index < -0.39 is 5.97 Å². The first-order valence-electron chi connectivity index (χ1n) is 7.10. The van der Waals surface area contributed by atoms with Gasteiger partial charge in [-0.25, -0.2) is 9.78 Å². The highest BCUT2D eigenvalue weighted by atomic mass is 32.1. The summed E-state index contributed by atoms with van der Waals surface area (Å²) >= 11 is 1.24. The Morgan fingerprint density at radius 2 is 1.90 bits per heavy atom. The van der Waals surface area contributed by atoms with Crippen LogP contribution in [0, 0.1) is 0 Å². The molecule has 1 aromatic carbocycles. The van der Waals surface area contributed by atoms with Gasteiger partial charge in [-0.1, -0.05) is 55.5 Å². The van der Waals surface area contributed by atoms with Crippen molar-refractivity contribution >= 4 is 22.4 Å². The van der Waals surface area contributed by atoms with Gasteiger partial charge in [0.05, 0.1) is 5.69 Å². The zero-order valence-corrected chi connectivity index (χ0v) is 13.4. The molecule has 0 saturated carbocycles. The Hall–Kier alpha value is -1.88. The lowest BCUT2D eigenvalue weighted by molar-refractivity contribution is 0.0702. The molecule has 112 valence electrons. The molecule has 0 radical (unpaired) electrons. The van der Waals surface area contributed by atoms with Crippen molar-refractivity contribution < 1.29 is 9.90 Å². The Morgan fingerprint density at radius 1 is 1.29 bits per heavy atom. The van der Waals surface area contributed by atoms with Gasteiger partial charge in [-0.2, -0.15) is 0 Å². The molecular formula is C16H20N2O2S. The molecule has 0 aliphatic carbocycles. The van der Waals surface area contributed by atoms with Crippen molar-refractivity contribution in [2.75, 3.05) is 11.9 Å². The van der Waals surface area contributed by atoms with Gasteiger partial charge in [0.1, 0.15) is 4.88 Å². The number of aromatic carboxylic acids is 1. The van der Waals surface area contributed by atoms with Gasteiger partial charge in [-0.3, -0.25) is 0 Å². The van der Waals surface area contributed by atoms with Crippen LogP contribution in [-0.2, 0) is 0 Å². The van der Waals surface area contributed by atoms with E-state index in [-0.39, 0.29) is 0 Å². The van der Waals surface area contributed by atoms with Crippen LogP contribution in [0.5, 0.6) is 0 Å². The van der Waals surface area contributed by atoms with Gasteiger partial charge in [0.25, 0.3) is 0 Å². The Morgan fingerprint density at radius 3 is 2.43 bits per heavy atom. The van der Waals surface area contributed by atoms with Gasteiger partial charge in [-0.05, 0) is 12.8 Å². The molecule has 0 saturated heterocycles. The molecule has 0 aliphatic heterocycles. The Balaban J connectivity index is 2.45. The van der Waals surface area contributed by atoms with E-state index in [9.17, 15) is 9.90 Å². The standard InChI is InChI=1S/C16H20N2O2S/c1-4-12(5-2)18(3)16-17-13(14(21-16)15(19)20)11-9-7-6-8-10-11/h6-10,12H,4-5H2,1-3H3,(H,19,20). The first-order chi connectivity index (χ1) is 10.1. The molecule has 2 rings (SSSR count). The van der Waals surface area contributed by atoms with Gasteiger partial charge in [0.15, 0.2) is 5.13 Å². The van der Waals surface area contributed by atoms with Crippen LogP contribution in [0.15, 0.2) is 30.3 Å². The molecule has 2 aromatic rings. The van der Waals surface area contributed by atoms with Crippen molar-refractivity contribution in [2.45, 2.75) is 32.7 Å². The van der Waals surface area contributed by atoms with Gasteiger partial charge < -0.3 is 10.0 Å². The second-order valence-corrected chi connectivity index (χ2v) is 5.90. The first kappa shape index (κ1) is 15.5. The third-order valence-electron chi connectivity index (χ3n) is 3.65. The number of nitrogens with zero attached hydrogens (tertiary/aromatic N) is 2. The van der Waals surface area contributed by atoms with Crippen molar-refractivity contribution in [1.82, 2.24) is 4.98 Å². The third-order valence-corrected chi connectivity index (χ3v) is 4.78. The van der Waals surface area contributed by atoms with Crippen molar-refractivity contribution in [1.29, 1.82) is 0 Å². The lowest BCUT2D eigenvalue weighted by Gasteiger charge is -2.25. The molecule has 1 N–H and O–H groups in total. The van der Waals surface area contributed by atoms with E-state index in [1.807, 2.05) is 37.4 Å². The van der Waals surface area contributed by atoms with Gasteiger partial charge >= 0.3 is 5.97 Å². The van der Waals surface area contributed by atoms with Crippen LogP contribution in [0.4, 0.5) is 5.13 Å². The maximum Gasteiger partial charge on any atom is 0.348 e. The molecule has 0 fully saturated rings. The Bertz CT molecular complexity index is 606. The monoisotopic (exact) mass is 304 g/mol. The maximum atomic E-state index is 11.5. The van der Waals surface area contributed by atoms with Crippen molar-refractivity contribution in [2.24, 2.45) is 0 Å². The number of thiazole rings is 1. The van der Waals surface area contributed by atoms with E-state index in [1.165, 1.54) is 11.3 Å². The molecular weight excluding hydrogens is 284 g/mol. The van der Waals surface area contributed by atoms with E-state index in [1.54, 1.807) is 0 Å². The Kier molecular flexibility index (Phi) is 4.96. The summed E-state index contributed by atoms with van der Waals surface area (Å²) in [5, 5.41) is 10.2. The fraction of sp³-hybridized carbons (Fsp3) is 0.375. The molecule has 0 aliphatic rings. The van der Waals surface area contributed by atoms with Crippen LogP contribution >= 0.6 is 11.3 Å². The molecule has 0 atom stereocenters. The van der Waals surface area contributed by atoms with Crippen LogP contribution in [0.3, 0.4) is 0 Å². The fourth-order valence-corrected chi connectivity index (χ4v) is 3.35. The van der Waals surface area contributed by atoms with E-state index in [2.05, 4.69) is 23.7 Å². The maximum absolute atomic E-state index is 11.5. The molecule has 0 bridgehead atoms. The molecule has 0 unspecified atom stereocenters. The van der Waals surface area contributed by atoms with Gasteiger partial charge in [0, 0.05) is 18.7 Å². The number of carbonyl (C=O) groups is 1. The highest BCUT2D eigenvalue weighted by molar-refractivity contribution is 7.17. The number of rotatable bonds is 6. The number of carboxylic acid groups (broad SMARTS) is 1. The number of carboxylic acids is 1. The minimum Gasteiger partial charge on any atom is -0.477 e. The van der Waals surface area contributed by atoms with E-state index in [4.69, 9.17) is 0 Å². The second-order valence-electron chi connectivity index (χ2n) is 4.93. The summed E-state index contributed by atoms with van der Waals surface area (Å²) in [6.07, 6.45) is 2.02. The van der Waals surface area contributed by atoms with Crippen LogP contribution < -0.4 is 4.90 Å². The molecule has 1 aromatic heterocycles. The minimum absolute atomic E-state index is 0.300. The summed E-state index contributed by atoms with van der Waals surface area (Å²) in [4.78, 5) is 18.5. The van der Waals surface area contributed by atoms with Crippen LogP contribution in [0.25, 0.3) is 11.3 Å². The van der Waals surface area contributed by atoms with Crippen LogP contribution in [0.1, 0.15) is 36.4 Å². The molecule has 21 heavy (non-hydrogen) atoms. The molecule has 0 amide bonds. The van der Waals surface area contributed by atoms with Crippen molar-refractivity contribution in [3.8, 4) is 11.3 Å². The van der Waals surface area contributed by atoms with E-state index >= 15 is 0 Å². The summed E-state index contributed by atoms with van der Waals surface area (Å²) in [5.41, 5.74) is 1.40. The predicted molar refractivity (Wildman–Crippen MR) is 87.3 cm³/mol. The van der Waals surface area contributed by atoms with Crippen molar-refractivity contribution in [3.63, 3.8) is 0 Å². The number of benzene rings is 1. The van der Waals surface area contributed by atoms with Crippen LogP contribution in [0.2, 0.25) is 0 Å². The lowest BCUT2D eigenvalue weighted by atomic mass is 10.1. The number of anilines is 1.